The van der Waals surface area contributed by atoms with E-state index < -0.39 is 0 Å². The molecule has 0 saturated carbocycles. The fraction of sp³-hybridized carbons (Fsp3) is 0.357. The first-order chi connectivity index (χ1) is 8.32. The predicted molar refractivity (Wildman–Crippen MR) is 74.3 cm³/mol. The van der Waals surface area contributed by atoms with Gasteiger partial charge in [-0.25, -0.2) is 4.39 Å². The molecule has 0 amide bonds. The first-order valence-electron chi connectivity index (χ1n) is 5.89. The zero-order chi connectivity index (χ0) is 13.5. The molecule has 18 heavy (non-hydrogen) atoms. The van der Waals surface area contributed by atoms with E-state index in [1.807, 2.05) is 16.8 Å². The minimum absolute atomic E-state index is 0.0632. The molecule has 96 valence electrons. The normalized spacial score (nSPS) is 11.8. The SMILES string of the molecule is Cc1c(F)cccc1-n1c(C(C)(C)C)c[nH]c1=S. The lowest BCUT2D eigenvalue weighted by Gasteiger charge is -2.21. The molecule has 2 rings (SSSR count). The Labute approximate surface area is 111 Å². The molecule has 1 aromatic carbocycles. The fourth-order valence-electron chi connectivity index (χ4n) is 2.00. The summed E-state index contributed by atoms with van der Waals surface area (Å²) in [7, 11) is 0. The molecule has 1 N–H and O–H groups in total. The van der Waals surface area contributed by atoms with Gasteiger partial charge in [-0.2, -0.15) is 0 Å². The van der Waals surface area contributed by atoms with Gasteiger partial charge in [0.1, 0.15) is 5.82 Å². The van der Waals surface area contributed by atoms with E-state index in [1.165, 1.54) is 6.07 Å². The average molecular weight is 264 g/mol. The number of rotatable bonds is 1. The van der Waals surface area contributed by atoms with E-state index in [-0.39, 0.29) is 11.2 Å². The Balaban J connectivity index is 2.76. The van der Waals surface area contributed by atoms with E-state index in [9.17, 15) is 4.39 Å². The quantitative estimate of drug-likeness (QED) is 0.762. The summed E-state index contributed by atoms with van der Waals surface area (Å²) in [6, 6.07) is 5.06. The van der Waals surface area contributed by atoms with Crippen LogP contribution >= 0.6 is 12.2 Å². The molecule has 1 heterocycles. The van der Waals surface area contributed by atoms with Crippen LogP contribution in [0.1, 0.15) is 32.0 Å². The van der Waals surface area contributed by atoms with Crippen molar-refractivity contribution in [2.75, 3.05) is 0 Å². The third-order valence-corrected chi connectivity index (χ3v) is 3.33. The molecule has 0 aliphatic rings. The van der Waals surface area contributed by atoms with Crippen molar-refractivity contribution in [3.63, 3.8) is 0 Å². The number of imidazole rings is 1. The number of aromatic nitrogens is 2. The third-order valence-electron chi connectivity index (χ3n) is 3.02. The molecule has 0 atom stereocenters. The standard InChI is InChI=1S/C14H17FN2S/c1-9-10(15)6-5-7-11(9)17-12(14(2,3)4)8-16-13(17)18/h5-8H,1-4H3,(H,16,18). The zero-order valence-electron chi connectivity index (χ0n) is 11.0. The van der Waals surface area contributed by atoms with Gasteiger partial charge in [-0.1, -0.05) is 26.8 Å². The van der Waals surface area contributed by atoms with Crippen molar-refractivity contribution in [1.29, 1.82) is 0 Å². The molecule has 0 aliphatic heterocycles. The monoisotopic (exact) mass is 264 g/mol. The molecule has 0 saturated heterocycles. The second kappa shape index (κ2) is 4.35. The van der Waals surface area contributed by atoms with Crippen LogP contribution in [0.2, 0.25) is 0 Å². The van der Waals surface area contributed by atoms with Gasteiger partial charge in [0.15, 0.2) is 4.77 Å². The molecule has 0 radical (unpaired) electrons. The predicted octanol–water partition coefficient (Wildman–Crippen LogP) is 4.28. The summed E-state index contributed by atoms with van der Waals surface area (Å²) in [5.74, 6) is -0.213. The number of aromatic amines is 1. The van der Waals surface area contributed by atoms with Crippen molar-refractivity contribution < 1.29 is 4.39 Å². The summed E-state index contributed by atoms with van der Waals surface area (Å²) in [6.45, 7) is 8.09. The molecule has 2 nitrogen and oxygen atoms in total. The molecule has 0 spiro atoms. The van der Waals surface area contributed by atoms with Gasteiger partial charge in [0, 0.05) is 22.9 Å². The number of H-pyrrole nitrogens is 1. The van der Waals surface area contributed by atoms with Crippen LogP contribution in [-0.2, 0) is 5.41 Å². The second-order valence-corrected chi connectivity index (χ2v) is 5.84. The van der Waals surface area contributed by atoms with Gasteiger partial charge in [0.25, 0.3) is 0 Å². The molecule has 0 fully saturated rings. The lowest BCUT2D eigenvalue weighted by molar-refractivity contribution is 0.553. The summed E-state index contributed by atoms with van der Waals surface area (Å²) in [5, 5.41) is 0. The smallest absolute Gasteiger partial charge is 0.182 e. The van der Waals surface area contributed by atoms with Crippen molar-refractivity contribution in [1.82, 2.24) is 9.55 Å². The van der Waals surface area contributed by atoms with Crippen molar-refractivity contribution in [2.45, 2.75) is 33.1 Å². The maximum Gasteiger partial charge on any atom is 0.182 e. The Morgan fingerprint density at radius 2 is 1.94 bits per heavy atom. The number of halogens is 1. The van der Waals surface area contributed by atoms with Crippen molar-refractivity contribution in [3.05, 3.63) is 46.2 Å². The van der Waals surface area contributed by atoms with E-state index in [1.54, 1.807) is 13.0 Å². The van der Waals surface area contributed by atoms with Crippen LogP contribution < -0.4 is 0 Å². The topological polar surface area (TPSA) is 20.7 Å². The highest BCUT2D eigenvalue weighted by atomic mass is 32.1. The third kappa shape index (κ3) is 2.12. The zero-order valence-corrected chi connectivity index (χ0v) is 11.9. The van der Waals surface area contributed by atoms with E-state index in [0.717, 1.165) is 11.4 Å². The molecule has 4 heteroatoms. The maximum absolute atomic E-state index is 13.7. The van der Waals surface area contributed by atoms with Gasteiger partial charge < -0.3 is 4.98 Å². The minimum Gasteiger partial charge on any atom is -0.337 e. The Bertz CT molecular complexity index is 632. The van der Waals surface area contributed by atoms with Crippen LogP contribution in [0.25, 0.3) is 5.69 Å². The molecule has 0 bridgehead atoms. The lowest BCUT2D eigenvalue weighted by atomic mass is 9.92. The highest BCUT2D eigenvalue weighted by molar-refractivity contribution is 7.71. The van der Waals surface area contributed by atoms with Crippen LogP contribution in [-0.4, -0.2) is 9.55 Å². The summed E-state index contributed by atoms with van der Waals surface area (Å²) >= 11 is 5.31. The highest BCUT2D eigenvalue weighted by Gasteiger charge is 2.21. The van der Waals surface area contributed by atoms with Gasteiger partial charge in [0.05, 0.1) is 5.69 Å². The first kappa shape index (κ1) is 13.0. The van der Waals surface area contributed by atoms with Crippen LogP contribution in [0.5, 0.6) is 0 Å². The van der Waals surface area contributed by atoms with E-state index in [4.69, 9.17) is 12.2 Å². The van der Waals surface area contributed by atoms with Gasteiger partial charge in [0.2, 0.25) is 0 Å². The van der Waals surface area contributed by atoms with Crippen LogP contribution in [0.4, 0.5) is 4.39 Å². The van der Waals surface area contributed by atoms with Gasteiger partial charge in [-0.05, 0) is 31.3 Å². The average Bonchev–Trinajstić information content (AvgIpc) is 2.64. The lowest BCUT2D eigenvalue weighted by Crippen LogP contribution is -2.17. The number of nitrogens with one attached hydrogen (secondary N) is 1. The molecule has 1 aromatic heterocycles. The second-order valence-electron chi connectivity index (χ2n) is 5.45. The number of nitrogens with zero attached hydrogens (tertiary/aromatic N) is 1. The largest absolute Gasteiger partial charge is 0.337 e. The molecule has 2 aromatic rings. The molecule has 0 unspecified atom stereocenters. The molecule has 0 aliphatic carbocycles. The number of benzene rings is 1. The van der Waals surface area contributed by atoms with Crippen molar-refractivity contribution >= 4 is 12.2 Å². The highest BCUT2D eigenvalue weighted by Crippen LogP contribution is 2.27. The van der Waals surface area contributed by atoms with Crippen LogP contribution in [0, 0.1) is 17.5 Å². The Morgan fingerprint density at radius 3 is 2.56 bits per heavy atom. The number of hydrogen-bond donors (Lipinski definition) is 1. The Kier molecular flexibility index (Phi) is 3.15. The van der Waals surface area contributed by atoms with Crippen molar-refractivity contribution in [3.8, 4) is 5.69 Å². The summed E-state index contributed by atoms with van der Waals surface area (Å²) in [4.78, 5) is 3.04. The summed E-state index contributed by atoms with van der Waals surface area (Å²) in [6.07, 6.45) is 1.90. The maximum atomic E-state index is 13.7. The first-order valence-corrected chi connectivity index (χ1v) is 6.29. The Hall–Kier alpha value is -1.42. The van der Waals surface area contributed by atoms with E-state index >= 15 is 0 Å². The van der Waals surface area contributed by atoms with Gasteiger partial charge >= 0.3 is 0 Å². The van der Waals surface area contributed by atoms with Crippen molar-refractivity contribution in [2.24, 2.45) is 0 Å². The van der Waals surface area contributed by atoms with E-state index in [0.29, 0.717) is 10.3 Å². The van der Waals surface area contributed by atoms with Gasteiger partial charge in [-0.15, -0.1) is 0 Å². The van der Waals surface area contributed by atoms with E-state index in [2.05, 4.69) is 25.8 Å². The minimum atomic E-state index is -0.213. The van der Waals surface area contributed by atoms with Gasteiger partial charge in [-0.3, -0.25) is 4.57 Å². The molecular formula is C14H17FN2S. The Morgan fingerprint density at radius 1 is 1.28 bits per heavy atom. The summed E-state index contributed by atoms with van der Waals surface area (Å²) in [5.41, 5.74) is 2.39. The molecular weight excluding hydrogens is 247 g/mol. The fourth-order valence-corrected chi connectivity index (χ4v) is 2.25. The van der Waals surface area contributed by atoms with Crippen LogP contribution in [0.15, 0.2) is 24.4 Å². The summed E-state index contributed by atoms with van der Waals surface area (Å²) < 4.78 is 16.2. The van der Waals surface area contributed by atoms with Crippen LogP contribution in [0.3, 0.4) is 0 Å². The number of hydrogen-bond acceptors (Lipinski definition) is 1.